The first-order chi connectivity index (χ1) is 28.2. The molecule has 0 aromatic carbocycles. The van der Waals surface area contributed by atoms with Gasteiger partial charge in [0.05, 0.1) is 0 Å². The molecule has 294 valence electrons. The van der Waals surface area contributed by atoms with Crippen molar-refractivity contribution in [3.05, 3.63) is 0 Å². The van der Waals surface area contributed by atoms with Gasteiger partial charge in [-0.15, -0.1) is 0 Å². The van der Waals surface area contributed by atoms with Gasteiger partial charge in [-0.1, -0.05) is 41.5 Å². The molecule has 19 spiro atoms. The van der Waals surface area contributed by atoms with Crippen LogP contribution in [-0.4, -0.2) is 0 Å². The van der Waals surface area contributed by atoms with Gasteiger partial charge < -0.3 is 0 Å². The zero-order valence-electron chi connectivity index (χ0n) is 36.1. The Morgan fingerprint density at radius 1 is 0.386 bits per heavy atom. The molecule has 29 aliphatic carbocycles. The van der Waals surface area contributed by atoms with Crippen LogP contribution in [0.3, 0.4) is 0 Å². The summed E-state index contributed by atoms with van der Waals surface area (Å²) < 4.78 is 0. The van der Waals surface area contributed by atoms with Crippen LogP contribution in [0.1, 0.15) is 144 Å². The molecule has 29 aliphatic rings. The molecule has 0 radical (unpaired) electrons. The maximum atomic E-state index is 2.00. The van der Waals surface area contributed by atoms with E-state index in [0.717, 1.165) is 103 Å². The van der Waals surface area contributed by atoms with Crippen molar-refractivity contribution in [1.29, 1.82) is 0 Å². The summed E-state index contributed by atoms with van der Waals surface area (Å²) in [7, 11) is 0. The summed E-state index contributed by atoms with van der Waals surface area (Å²) in [6.07, 6.45) is 28.1. The molecular formula is C57H66. The fourth-order valence-corrected chi connectivity index (χ4v) is 43.8. The standard InChI is InChI=1S/C45H38.C6H10.3C2H6/c1-3-27-13(1)5-17(27)22-25-20-11-31-28-4-2-14(28)9-30(28)32-10-16-7-19-24-26-23-18-6-15-8-21-34(15,18)39(23)37(21)33-12-29(22,27)38(25,33)36(20,31)44(33)42(30,31)43(32)40(24,35(16,19)32)41(26,39)45(37,43)44;1-2-6-4-3-5(1)6;3*1-2/h13-26H,1-12H2;5-6H,1-4H2;3*1-2H3. The summed E-state index contributed by atoms with van der Waals surface area (Å²) in [5.74, 6) is 21.1. The normalized spacial score (nSPS) is 101. The molecule has 0 aromatic rings. The van der Waals surface area contributed by atoms with Crippen molar-refractivity contribution in [2.45, 2.75) is 144 Å². The molecule has 0 nitrogen and oxygen atoms in total. The van der Waals surface area contributed by atoms with Crippen LogP contribution >= 0.6 is 0 Å². The fraction of sp³-hybridized carbons (Fsp3) is 1.00. The molecule has 0 heterocycles. The van der Waals surface area contributed by atoms with E-state index in [2.05, 4.69) is 0 Å². The zero-order valence-corrected chi connectivity index (χ0v) is 36.1. The van der Waals surface area contributed by atoms with Gasteiger partial charge >= 0.3 is 0 Å². The molecule has 33 unspecified atom stereocenters. The smallest absolute Gasteiger partial charge is 0.000750 e. The molecule has 29 rings (SSSR count). The molecule has 57 heavy (non-hydrogen) atoms. The highest BCUT2D eigenvalue weighted by Gasteiger charge is 3.59. The fourth-order valence-electron chi connectivity index (χ4n) is 43.8. The van der Waals surface area contributed by atoms with Gasteiger partial charge in [-0.25, -0.2) is 0 Å². The number of hydrogen-bond donors (Lipinski definition) is 0. The van der Waals surface area contributed by atoms with Crippen LogP contribution in [0, 0.1) is 198 Å². The Labute approximate surface area is 340 Å². The number of rotatable bonds is 0. The minimum absolute atomic E-state index is 0.999. The van der Waals surface area contributed by atoms with Crippen molar-refractivity contribution in [1.82, 2.24) is 0 Å². The van der Waals surface area contributed by atoms with Gasteiger partial charge in [-0.05, 0) is 300 Å². The highest BCUT2D eigenvalue weighted by Crippen LogP contribution is 3.60. The number of fused-ring (bicyclic) bond motifs is 8. The summed E-state index contributed by atoms with van der Waals surface area (Å²) in [5.41, 5.74) is 20.0. The Morgan fingerprint density at radius 2 is 1.09 bits per heavy atom. The third-order valence-electron chi connectivity index (χ3n) is 37.8. The van der Waals surface area contributed by atoms with Crippen LogP contribution in [0.4, 0.5) is 0 Å². The molecule has 0 saturated heterocycles. The topological polar surface area (TPSA) is 0 Å². The Kier molecular flexibility index (Phi) is 2.56. The minimum Gasteiger partial charge on any atom is -0.0683 e. The maximum absolute atomic E-state index is 2.00. The minimum atomic E-state index is 0.999. The second kappa shape index (κ2) is 5.35. The molecule has 0 bridgehead atoms. The van der Waals surface area contributed by atoms with Gasteiger partial charge in [0, 0.05) is 0 Å². The predicted octanol–water partition coefficient (Wildman–Crippen LogP) is 11.3. The van der Waals surface area contributed by atoms with Crippen molar-refractivity contribution in [2.75, 3.05) is 0 Å². The Balaban J connectivity index is 0.000000190. The molecule has 0 aromatic heterocycles. The van der Waals surface area contributed by atoms with Crippen LogP contribution in [0.25, 0.3) is 0 Å². The van der Waals surface area contributed by atoms with E-state index < -0.39 is 0 Å². The van der Waals surface area contributed by atoms with Gasteiger partial charge in [0.15, 0.2) is 0 Å². The third kappa shape index (κ3) is 0.908. The molecule has 0 heteroatoms. The van der Waals surface area contributed by atoms with E-state index >= 15 is 0 Å². The van der Waals surface area contributed by atoms with Crippen LogP contribution in [-0.2, 0) is 0 Å². The van der Waals surface area contributed by atoms with Gasteiger partial charge in [0.2, 0.25) is 0 Å². The summed E-state index contributed by atoms with van der Waals surface area (Å²) >= 11 is 0. The molecule has 0 amide bonds. The lowest BCUT2D eigenvalue weighted by Gasteiger charge is -3.57. The van der Waals surface area contributed by atoms with Crippen molar-refractivity contribution >= 4 is 0 Å². The first-order valence-corrected chi connectivity index (χ1v) is 28.2. The summed E-state index contributed by atoms with van der Waals surface area (Å²) in [6, 6.07) is 0. The average molecular weight is 751 g/mol. The zero-order chi connectivity index (χ0) is 36.1. The molecule has 29 saturated carbocycles. The van der Waals surface area contributed by atoms with E-state index in [9.17, 15) is 0 Å². The van der Waals surface area contributed by atoms with Crippen molar-refractivity contribution in [3.63, 3.8) is 0 Å². The van der Waals surface area contributed by atoms with Gasteiger partial charge in [0.1, 0.15) is 0 Å². The Hall–Kier alpha value is 0. The molecule has 0 N–H and O–H groups in total. The Morgan fingerprint density at radius 3 is 1.74 bits per heavy atom. The highest BCUT2D eigenvalue weighted by molar-refractivity contribution is 6.03. The maximum Gasteiger partial charge on any atom is -0.000750 e. The van der Waals surface area contributed by atoms with Gasteiger partial charge in [-0.2, -0.15) is 0 Å². The summed E-state index contributed by atoms with van der Waals surface area (Å²) in [6.45, 7) is 12.0. The van der Waals surface area contributed by atoms with Crippen molar-refractivity contribution in [3.8, 4) is 0 Å². The average Bonchev–Trinajstić information content (AvgIpc) is 3.14. The lowest BCUT2D eigenvalue weighted by molar-refractivity contribution is -1.13. The summed E-state index contributed by atoms with van der Waals surface area (Å²) in [5, 5.41) is 0. The second-order valence-corrected chi connectivity index (χ2v) is 30.1. The van der Waals surface area contributed by atoms with E-state index in [1.165, 1.54) is 94.7 Å². The van der Waals surface area contributed by atoms with Crippen LogP contribution in [0.15, 0.2) is 0 Å². The quantitative estimate of drug-likeness (QED) is 0.231. The second-order valence-electron chi connectivity index (χ2n) is 30.1. The van der Waals surface area contributed by atoms with E-state index in [1.807, 2.05) is 80.1 Å². The van der Waals surface area contributed by atoms with Crippen molar-refractivity contribution in [2.24, 2.45) is 198 Å². The van der Waals surface area contributed by atoms with Gasteiger partial charge in [0.25, 0.3) is 0 Å². The van der Waals surface area contributed by atoms with Crippen LogP contribution in [0.2, 0.25) is 0 Å². The largest absolute Gasteiger partial charge is 0.0683 e. The van der Waals surface area contributed by atoms with Crippen LogP contribution < -0.4 is 0 Å². The van der Waals surface area contributed by atoms with Crippen molar-refractivity contribution < 1.29 is 0 Å². The molecule has 0 aliphatic heterocycles. The molecular weight excluding hydrogens is 685 g/mol. The van der Waals surface area contributed by atoms with E-state index in [-0.39, 0.29) is 0 Å². The van der Waals surface area contributed by atoms with Gasteiger partial charge in [-0.3, -0.25) is 0 Å². The predicted molar refractivity (Wildman–Crippen MR) is 210 cm³/mol. The summed E-state index contributed by atoms with van der Waals surface area (Å²) in [4.78, 5) is 0. The van der Waals surface area contributed by atoms with E-state index in [4.69, 9.17) is 0 Å². The third-order valence-corrected chi connectivity index (χ3v) is 37.8. The molecule has 33 atom stereocenters. The number of hydrogen-bond acceptors (Lipinski definition) is 0. The first kappa shape index (κ1) is 27.2. The van der Waals surface area contributed by atoms with E-state index in [0.29, 0.717) is 0 Å². The monoisotopic (exact) mass is 751 g/mol. The molecule has 29 fully saturated rings. The SMILES string of the molecule is C1CC23C1CC2C1C2C4CC56C78CCC7CC87C89CC%10CC%11C%12C%13C%14C%15CC%16CC%17C%16%15C%14%15C%17%14C%16%17CC13C2%16C45C%171C76C82C%12(C%10%119)C%13%15C%1421.C1CC2CCC12.CC.CC.CC. The highest BCUT2D eigenvalue weighted by atomic mass is 15.6. The first-order valence-electron chi connectivity index (χ1n) is 28.2. The lowest BCUT2D eigenvalue weighted by Crippen LogP contribution is -3.56. The Bertz CT molecular complexity index is 2640. The van der Waals surface area contributed by atoms with E-state index in [1.54, 1.807) is 64.2 Å². The van der Waals surface area contributed by atoms with Crippen LogP contribution in [0.5, 0.6) is 0 Å². The lowest BCUT2D eigenvalue weighted by atomic mass is 8.45.